The van der Waals surface area contributed by atoms with Crippen LogP contribution in [0.15, 0.2) is 53.3 Å². The summed E-state index contributed by atoms with van der Waals surface area (Å²) in [5.74, 6) is 0.300. The van der Waals surface area contributed by atoms with Crippen molar-refractivity contribution in [1.29, 1.82) is 0 Å². The van der Waals surface area contributed by atoms with Crippen molar-refractivity contribution < 1.29 is 9.21 Å². The zero-order chi connectivity index (χ0) is 13.9. The molecule has 0 aliphatic heterocycles. The van der Waals surface area contributed by atoms with Crippen molar-refractivity contribution in [2.45, 2.75) is 13.5 Å². The maximum Gasteiger partial charge on any atom is 0.289 e. The molecule has 4 nitrogen and oxygen atoms in total. The summed E-state index contributed by atoms with van der Waals surface area (Å²) in [5, 5.41) is 1.15. The van der Waals surface area contributed by atoms with E-state index in [0.717, 1.165) is 16.5 Å². The Labute approximate surface area is 117 Å². The van der Waals surface area contributed by atoms with E-state index >= 15 is 0 Å². The van der Waals surface area contributed by atoms with Crippen molar-refractivity contribution in [3.05, 3.63) is 60.2 Å². The highest BCUT2D eigenvalue weighted by atomic mass is 16.3. The van der Waals surface area contributed by atoms with E-state index in [1.165, 1.54) is 6.26 Å². The fraction of sp³-hybridized carbons (Fsp3) is 0.188. The number of aromatic nitrogens is 1. The Morgan fingerprint density at radius 2 is 2.10 bits per heavy atom. The smallest absolute Gasteiger partial charge is 0.289 e. The molecule has 0 saturated heterocycles. The van der Waals surface area contributed by atoms with E-state index in [2.05, 4.69) is 11.1 Å². The molecule has 0 aliphatic carbocycles. The number of carbonyl (C=O) groups excluding carboxylic acids is 1. The molecule has 1 N–H and O–H groups in total. The fourth-order valence-corrected chi connectivity index (χ4v) is 2.35. The number of nitrogens with zero attached hydrogens (tertiary/aromatic N) is 1. The van der Waals surface area contributed by atoms with Crippen molar-refractivity contribution in [2.75, 3.05) is 6.54 Å². The molecule has 3 rings (SSSR count). The largest absolute Gasteiger partial charge is 0.459 e. The van der Waals surface area contributed by atoms with Gasteiger partial charge < -0.3 is 14.3 Å². The van der Waals surface area contributed by atoms with Gasteiger partial charge in [-0.15, -0.1) is 0 Å². The van der Waals surface area contributed by atoms with Gasteiger partial charge in [0, 0.05) is 30.2 Å². The number of para-hydroxylation sites is 1. The van der Waals surface area contributed by atoms with Crippen LogP contribution in [0.4, 0.5) is 0 Å². The highest BCUT2D eigenvalue weighted by Crippen LogP contribution is 2.20. The first-order valence-corrected chi connectivity index (χ1v) is 6.67. The van der Waals surface area contributed by atoms with Gasteiger partial charge in [0.05, 0.1) is 6.26 Å². The van der Waals surface area contributed by atoms with Gasteiger partial charge in [-0.25, -0.2) is 0 Å². The van der Waals surface area contributed by atoms with Gasteiger partial charge in [-0.05, 0) is 30.7 Å². The third kappa shape index (κ3) is 2.20. The molecule has 102 valence electrons. The number of fused-ring (bicyclic) bond motifs is 1. The molecular weight excluding hydrogens is 252 g/mol. The Bertz CT molecular complexity index is 713. The Morgan fingerprint density at radius 1 is 1.25 bits per heavy atom. The number of carbonyl (C=O) groups is 1. The topological polar surface area (TPSA) is 49.2 Å². The van der Waals surface area contributed by atoms with E-state index in [0.29, 0.717) is 18.8 Å². The highest BCUT2D eigenvalue weighted by Gasteiger charge is 2.18. The Balaban J connectivity index is 1.86. The van der Waals surface area contributed by atoms with E-state index < -0.39 is 0 Å². The first kappa shape index (κ1) is 12.5. The molecule has 2 heterocycles. The summed E-state index contributed by atoms with van der Waals surface area (Å²) >= 11 is 0. The molecular formula is C16H16N2O2. The third-order valence-electron chi connectivity index (χ3n) is 3.44. The zero-order valence-electron chi connectivity index (χ0n) is 11.3. The number of amides is 1. The van der Waals surface area contributed by atoms with E-state index in [9.17, 15) is 4.79 Å². The summed E-state index contributed by atoms with van der Waals surface area (Å²) in [6.45, 7) is 3.18. The molecule has 0 saturated carbocycles. The van der Waals surface area contributed by atoms with Crippen LogP contribution in [-0.2, 0) is 6.54 Å². The average molecular weight is 268 g/mol. The SMILES string of the molecule is CCN(Cc1c[nH]c2ccccc12)C(=O)c1ccco1. The van der Waals surface area contributed by atoms with Gasteiger partial charge in [0.25, 0.3) is 5.91 Å². The van der Waals surface area contributed by atoms with Crippen LogP contribution in [0.5, 0.6) is 0 Å². The molecule has 0 radical (unpaired) electrons. The van der Waals surface area contributed by atoms with Crippen LogP contribution in [0.2, 0.25) is 0 Å². The van der Waals surface area contributed by atoms with Crippen LogP contribution in [0.1, 0.15) is 23.0 Å². The number of nitrogens with one attached hydrogen (secondary N) is 1. The minimum absolute atomic E-state index is 0.0808. The summed E-state index contributed by atoms with van der Waals surface area (Å²) in [7, 11) is 0. The van der Waals surface area contributed by atoms with Crippen molar-refractivity contribution in [3.63, 3.8) is 0 Å². The van der Waals surface area contributed by atoms with Crippen molar-refractivity contribution in [2.24, 2.45) is 0 Å². The summed E-state index contributed by atoms with van der Waals surface area (Å²) in [6.07, 6.45) is 3.48. The molecule has 3 aromatic rings. The van der Waals surface area contributed by atoms with Crippen molar-refractivity contribution >= 4 is 16.8 Å². The Hall–Kier alpha value is -2.49. The van der Waals surface area contributed by atoms with Gasteiger partial charge in [0.1, 0.15) is 0 Å². The highest BCUT2D eigenvalue weighted by molar-refractivity contribution is 5.92. The van der Waals surface area contributed by atoms with Crippen LogP contribution in [0.25, 0.3) is 10.9 Å². The van der Waals surface area contributed by atoms with Crippen LogP contribution < -0.4 is 0 Å². The first-order chi connectivity index (χ1) is 9.79. The molecule has 2 aromatic heterocycles. The third-order valence-corrected chi connectivity index (χ3v) is 3.44. The van der Waals surface area contributed by atoms with Gasteiger partial charge in [0.15, 0.2) is 5.76 Å². The predicted octanol–water partition coefficient (Wildman–Crippen LogP) is 3.42. The number of furan rings is 1. The Kier molecular flexibility index (Phi) is 3.29. The quantitative estimate of drug-likeness (QED) is 0.788. The molecule has 4 heteroatoms. The van der Waals surface area contributed by atoms with Crippen LogP contribution in [-0.4, -0.2) is 22.3 Å². The van der Waals surface area contributed by atoms with Crippen molar-refractivity contribution in [1.82, 2.24) is 9.88 Å². The first-order valence-electron chi connectivity index (χ1n) is 6.67. The molecule has 1 aromatic carbocycles. The lowest BCUT2D eigenvalue weighted by Gasteiger charge is -2.19. The minimum Gasteiger partial charge on any atom is -0.459 e. The monoisotopic (exact) mass is 268 g/mol. The summed E-state index contributed by atoms with van der Waals surface area (Å²) in [4.78, 5) is 17.3. The second-order valence-electron chi connectivity index (χ2n) is 4.66. The molecule has 0 unspecified atom stereocenters. The lowest BCUT2D eigenvalue weighted by Crippen LogP contribution is -2.29. The minimum atomic E-state index is -0.0808. The van der Waals surface area contributed by atoms with E-state index in [1.54, 1.807) is 17.0 Å². The summed E-state index contributed by atoms with van der Waals surface area (Å²) in [6, 6.07) is 11.5. The van der Waals surface area contributed by atoms with Gasteiger partial charge in [-0.1, -0.05) is 18.2 Å². The second kappa shape index (κ2) is 5.25. The maximum atomic E-state index is 12.3. The van der Waals surface area contributed by atoms with Crippen molar-refractivity contribution in [3.8, 4) is 0 Å². The number of hydrogen-bond donors (Lipinski definition) is 1. The van der Waals surface area contributed by atoms with E-state index in [4.69, 9.17) is 4.42 Å². The Morgan fingerprint density at radius 3 is 2.85 bits per heavy atom. The van der Waals surface area contributed by atoms with Gasteiger partial charge in [0.2, 0.25) is 0 Å². The normalized spacial score (nSPS) is 10.8. The van der Waals surface area contributed by atoms with Gasteiger partial charge >= 0.3 is 0 Å². The fourth-order valence-electron chi connectivity index (χ4n) is 2.35. The number of H-pyrrole nitrogens is 1. The van der Waals surface area contributed by atoms with Crippen LogP contribution in [0, 0.1) is 0 Å². The molecule has 1 amide bonds. The number of aromatic amines is 1. The molecule has 0 atom stereocenters. The number of benzene rings is 1. The molecule has 0 bridgehead atoms. The molecule has 0 aliphatic rings. The van der Waals surface area contributed by atoms with E-state index in [-0.39, 0.29) is 5.91 Å². The van der Waals surface area contributed by atoms with Gasteiger partial charge in [-0.3, -0.25) is 4.79 Å². The maximum absolute atomic E-state index is 12.3. The number of hydrogen-bond acceptors (Lipinski definition) is 2. The summed E-state index contributed by atoms with van der Waals surface area (Å²) < 4.78 is 5.19. The lowest BCUT2D eigenvalue weighted by atomic mass is 10.1. The average Bonchev–Trinajstić information content (AvgIpc) is 3.14. The number of rotatable bonds is 4. The standard InChI is InChI=1S/C16H16N2O2/c1-2-18(16(19)15-8-5-9-20-15)11-12-10-17-14-7-4-3-6-13(12)14/h3-10,17H,2,11H2,1H3. The molecule has 0 spiro atoms. The molecule has 20 heavy (non-hydrogen) atoms. The van der Waals surface area contributed by atoms with Crippen LogP contribution in [0.3, 0.4) is 0 Å². The predicted molar refractivity (Wildman–Crippen MR) is 77.4 cm³/mol. The zero-order valence-corrected chi connectivity index (χ0v) is 11.3. The lowest BCUT2D eigenvalue weighted by molar-refractivity contribution is 0.0721. The van der Waals surface area contributed by atoms with E-state index in [1.807, 2.05) is 31.3 Å². The summed E-state index contributed by atoms with van der Waals surface area (Å²) in [5.41, 5.74) is 2.20. The molecule has 0 fully saturated rings. The van der Waals surface area contributed by atoms with Crippen LogP contribution >= 0.6 is 0 Å². The second-order valence-corrected chi connectivity index (χ2v) is 4.66. The van der Waals surface area contributed by atoms with Gasteiger partial charge in [-0.2, -0.15) is 0 Å².